The smallest absolute Gasteiger partial charge is 0.350 e. The summed E-state index contributed by atoms with van der Waals surface area (Å²) in [5.74, 6) is -8.11. The second kappa shape index (κ2) is 28.1. The summed E-state index contributed by atoms with van der Waals surface area (Å²) in [5, 5.41) is 29.5. The minimum Gasteiger partial charge on any atom is -0.455 e. The topological polar surface area (TPSA) is 283 Å². The average Bonchev–Trinajstić information content (AvgIpc) is 0.670. The molecular formula is C72H79NO21. The molecule has 2 saturated carbocycles. The van der Waals surface area contributed by atoms with E-state index in [-0.39, 0.29) is 68.0 Å². The van der Waals surface area contributed by atoms with Crippen LogP contribution in [0.4, 0.5) is 0 Å². The molecule has 22 heteroatoms. The molecule has 94 heavy (non-hydrogen) atoms. The number of Topliss-reactive ketones (excluding diaryl/α,β-unsaturated/α-hetero) is 1. The quantitative estimate of drug-likeness (QED) is 0.0277. The van der Waals surface area contributed by atoms with Crippen molar-refractivity contribution in [1.82, 2.24) is 5.32 Å². The van der Waals surface area contributed by atoms with Gasteiger partial charge in [-0.05, 0) is 66.8 Å². The Morgan fingerprint density at radius 3 is 1.98 bits per heavy atom. The van der Waals surface area contributed by atoms with Crippen molar-refractivity contribution in [2.45, 2.75) is 165 Å². The summed E-state index contributed by atoms with van der Waals surface area (Å²) in [6.07, 6.45) is -16.2. The Kier molecular flexibility index (Phi) is 20.2. The number of nitrogens with one attached hydrogen (secondary N) is 1. The van der Waals surface area contributed by atoms with E-state index >= 15 is 9.59 Å². The molecule has 3 aliphatic heterocycles. The third-order valence-corrected chi connectivity index (χ3v) is 19.4. The minimum atomic E-state index is -2.52. The van der Waals surface area contributed by atoms with E-state index in [0.717, 1.165) is 25.0 Å². The Labute approximate surface area is 544 Å². The molecule has 0 spiro atoms. The van der Waals surface area contributed by atoms with Gasteiger partial charge in [0.15, 0.2) is 30.1 Å². The van der Waals surface area contributed by atoms with Crippen molar-refractivity contribution < 1.29 is 101 Å². The number of rotatable bonds is 21. The number of ketones is 1. The maximum absolute atomic E-state index is 16.0. The van der Waals surface area contributed by atoms with Gasteiger partial charge in [0, 0.05) is 63.4 Å². The lowest BCUT2D eigenvalue weighted by Crippen LogP contribution is -2.82. The zero-order valence-electron chi connectivity index (χ0n) is 53.3. The molecule has 3 N–H and O–H groups in total. The van der Waals surface area contributed by atoms with Gasteiger partial charge in [0.05, 0.1) is 42.8 Å². The Morgan fingerprint density at radius 2 is 1.36 bits per heavy atom. The van der Waals surface area contributed by atoms with Crippen molar-refractivity contribution in [2.24, 2.45) is 16.7 Å². The fourth-order valence-electron chi connectivity index (χ4n) is 14.6. The summed E-state index contributed by atoms with van der Waals surface area (Å²) in [6, 6.07) is 41.7. The van der Waals surface area contributed by atoms with Crippen molar-refractivity contribution >= 4 is 41.5 Å². The van der Waals surface area contributed by atoms with Gasteiger partial charge in [-0.3, -0.25) is 24.0 Å². The van der Waals surface area contributed by atoms with Crippen LogP contribution in [0.2, 0.25) is 0 Å². The molecule has 11 rings (SSSR count). The first kappa shape index (κ1) is 67.4. The average molecular weight is 1290 g/mol. The standard InChI is InChI=1S/C72H79NO21/c1-41-49(37-72(82)63(93-65(80)47-30-19-11-20-31-47)61-70(6,51(76)36-52-71(61,40-87-52)94-43(3)75)62(78)57(88-42(2)74)54(41)69(72,4)5)89-66(81)58(55(45-26-15-9-16-27-45)73-64(79)46-28-17-10-18-29-46)91-53(77)34-23-35-84-60-59(85-38-44-24-13-8-14-25-44)56-50(90-68(60)83-7)39-86-67(92-56)48-32-21-12-22-33-48/h8-22,24-33,49-52,55-61,63,67-68,76,82H,23,34-40H2,1-7H3,(H,73,79)/t49-,50+,51-,52+,55-,56+,57+,58+,59-,60+,61-,63-,67+,68-,70+,71-,72+/m0/s1. The van der Waals surface area contributed by atoms with Gasteiger partial charge in [0.2, 0.25) is 6.10 Å². The molecular weight excluding hydrogens is 1210 g/mol. The molecule has 3 aliphatic carbocycles. The third kappa shape index (κ3) is 13.1. The molecule has 5 fully saturated rings. The highest BCUT2D eigenvalue weighted by molar-refractivity contribution is 5.96. The van der Waals surface area contributed by atoms with Gasteiger partial charge in [-0.2, -0.15) is 0 Å². The van der Waals surface area contributed by atoms with Crippen LogP contribution >= 0.6 is 0 Å². The van der Waals surface area contributed by atoms with Gasteiger partial charge in [-0.15, -0.1) is 0 Å². The van der Waals surface area contributed by atoms with Crippen LogP contribution in [0.15, 0.2) is 163 Å². The van der Waals surface area contributed by atoms with Gasteiger partial charge in [-0.25, -0.2) is 9.59 Å². The van der Waals surface area contributed by atoms with Crippen molar-refractivity contribution in [2.75, 3.05) is 26.9 Å². The second-order valence-electron chi connectivity index (χ2n) is 25.5. The maximum Gasteiger partial charge on any atom is 0.350 e. The van der Waals surface area contributed by atoms with Gasteiger partial charge in [0.25, 0.3) is 5.91 Å². The number of methoxy groups -OCH3 is 1. The molecule has 6 aliphatic rings. The molecule has 3 heterocycles. The Hall–Kier alpha value is -8.03. The van der Waals surface area contributed by atoms with E-state index in [1.165, 1.54) is 33.1 Å². The largest absolute Gasteiger partial charge is 0.455 e. The number of hydrogen-bond donors (Lipinski definition) is 3. The molecule has 22 nitrogen and oxygen atoms in total. The van der Waals surface area contributed by atoms with E-state index in [0.29, 0.717) is 5.56 Å². The van der Waals surface area contributed by atoms with Gasteiger partial charge in [0.1, 0.15) is 54.4 Å². The first-order valence-corrected chi connectivity index (χ1v) is 31.6. The number of esters is 5. The van der Waals surface area contributed by atoms with Crippen LogP contribution < -0.4 is 5.32 Å². The molecule has 5 aromatic carbocycles. The number of carbonyl (C=O) groups excluding carboxylic acids is 7. The van der Waals surface area contributed by atoms with E-state index < -0.39 is 156 Å². The summed E-state index contributed by atoms with van der Waals surface area (Å²) in [7, 11) is 1.47. The number of carbonyl (C=O) groups is 7. The Bertz CT molecular complexity index is 3580. The van der Waals surface area contributed by atoms with Crippen molar-refractivity contribution in [1.29, 1.82) is 0 Å². The molecule has 498 valence electrons. The molecule has 3 saturated heterocycles. The van der Waals surface area contributed by atoms with Crippen molar-refractivity contribution in [3.05, 3.63) is 191 Å². The SMILES string of the molecule is CO[C@H]1O[C@@H]2CO[C@@H](c3ccccc3)O[C@H]2[C@H](OCc2ccccc2)[C@H]1OCCCC(=O)O[C@@H](C(=O)O[C@H]1C[C@@]2(O)[C@@H](OC(=O)c3ccccc3)[C@@H]3[C@]4(OC(C)=O)CO[C@@H]4C[C@H](O)[C@@]3(C)C(=O)[C@H](OC(C)=O)C(=C1C)C2(C)C)[C@@H](NC(=O)c1ccccc1)c1ccccc1. The number of benzene rings is 5. The number of aliphatic hydroxyl groups is 2. The number of amides is 1. The number of ether oxygens (including phenoxy) is 12. The van der Waals surface area contributed by atoms with Crippen molar-refractivity contribution in [3.63, 3.8) is 0 Å². The highest BCUT2D eigenvalue weighted by atomic mass is 16.8. The van der Waals surface area contributed by atoms with E-state index in [4.69, 9.17) is 56.8 Å². The van der Waals surface area contributed by atoms with E-state index in [2.05, 4.69) is 5.32 Å². The zero-order valence-corrected chi connectivity index (χ0v) is 53.3. The van der Waals surface area contributed by atoms with E-state index in [1.54, 1.807) is 92.7 Å². The minimum absolute atomic E-state index is 0.00383. The molecule has 17 atom stereocenters. The lowest BCUT2D eigenvalue weighted by atomic mass is 9.44. The number of aliphatic hydroxyl groups excluding tert-OH is 1. The first-order valence-electron chi connectivity index (χ1n) is 31.6. The summed E-state index contributed by atoms with van der Waals surface area (Å²) in [5.41, 5.74) is -6.04. The third-order valence-electron chi connectivity index (χ3n) is 19.4. The fourth-order valence-corrected chi connectivity index (χ4v) is 14.6. The van der Waals surface area contributed by atoms with Gasteiger partial charge < -0.3 is 72.4 Å². The predicted molar refractivity (Wildman–Crippen MR) is 331 cm³/mol. The lowest BCUT2D eigenvalue weighted by Gasteiger charge is -2.67. The van der Waals surface area contributed by atoms with Crippen LogP contribution in [-0.4, -0.2) is 157 Å². The van der Waals surface area contributed by atoms with Crippen LogP contribution in [0, 0.1) is 16.7 Å². The number of hydrogen-bond acceptors (Lipinski definition) is 21. The number of fused-ring (bicyclic) bond motifs is 6. The van der Waals surface area contributed by atoms with Crippen LogP contribution in [0.3, 0.4) is 0 Å². The first-order chi connectivity index (χ1) is 45.1. The molecule has 1 amide bonds. The van der Waals surface area contributed by atoms with Crippen LogP contribution in [0.5, 0.6) is 0 Å². The predicted octanol–water partition coefficient (Wildman–Crippen LogP) is 7.52. The Morgan fingerprint density at radius 1 is 0.734 bits per heavy atom. The Balaban J connectivity index is 0.936. The zero-order chi connectivity index (χ0) is 66.7. The van der Waals surface area contributed by atoms with E-state index in [9.17, 15) is 34.2 Å². The second-order valence-corrected chi connectivity index (χ2v) is 25.5. The van der Waals surface area contributed by atoms with Crippen LogP contribution in [-0.2, 0) is 87.4 Å². The normalized spacial score (nSPS) is 31.4. The fraction of sp³-hybridized carbons (Fsp3) is 0.458. The summed E-state index contributed by atoms with van der Waals surface area (Å²) >= 11 is 0. The molecule has 2 bridgehead atoms. The van der Waals surface area contributed by atoms with Crippen LogP contribution in [0.1, 0.15) is 117 Å². The molecule has 0 unspecified atom stereocenters. The highest BCUT2D eigenvalue weighted by Gasteiger charge is 2.78. The summed E-state index contributed by atoms with van der Waals surface area (Å²) in [4.78, 5) is 102. The van der Waals surface area contributed by atoms with Gasteiger partial charge >= 0.3 is 29.8 Å². The molecule has 0 radical (unpaired) electrons. The van der Waals surface area contributed by atoms with E-state index in [1.807, 2.05) is 60.7 Å². The molecule has 0 aromatic heterocycles. The lowest BCUT2D eigenvalue weighted by molar-refractivity contribution is -0.368. The van der Waals surface area contributed by atoms with Crippen LogP contribution in [0.25, 0.3) is 0 Å². The highest BCUT2D eigenvalue weighted by Crippen LogP contribution is 2.64. The molecule has 5 aromatic rings. The monoisotopic (exact) mass is 1290 g/mol. The summed E-state index contributed by atoms with van der Waals surface area (Å²) < 4.78 is 75.8. The summed E-state index contributed by atoms with van der Waals surface area (Å²) in [6.45, 7) is 8.10. The van der Waals surface area contributed by atoms with Crippen molar-refractivity contribution in [3.8, 4) is 0 Å². The maximum atomic E-state index is 16.0. The van der Waals surface area contributed by atoms with Gasteiger partial charge in [-0.1, -0.05) is 141 Å².